The highest BCUT2D eigenvalue weighted by atomic mass is 35.5. The molecule has 0 aliphatic carbocycles. The third kappa shape index (κ3) is 4.32. The SMILES string of the molecule is Cc1cc(Cl)ccc1N1C(=O)C(CC(C)C)N=C1N1CCN(C(=O)c2ccco2)CC1. The van der Waals surface area contributed by atoms with Gasteiger partial charge in [0.1, 0.15) is 6.04 Å². The van der Waals surface area contributed by atoms with E-state index in [4.69, 9.17) is 21.0 Å². The minimum atomic E-state index is -0.396. The first-order valence-corrected chi connectivity index (χ1v) is 11.0. The Hall–Kier alpha value is -2.80. The first kappa shape index (κ1) is 21.4. The van der Waals surface area contributed by atoms with Crippen molar-refractivity contribution in [2.24, 2.45) is 10.9 Å². The highest BCUT2D eigenvalue weighted by molar-refractivity contribution is 6.31. The molecule has 0 radical (unpaired) electrons. The summed E-state index contributed by atoms with van der Waals surface area (Å²) in [6.45, 7) is 8.40. The van der Waals surface area contributed by atoms with Crippen LogP contribution in [-0.4, -0.2) is 59.8 Å². The highest BCUT2D eigenvalue weighted by Gasteiger charge is 2.40. The molecule has 0 N–H and O–H groups in total. The second kappa shape index (κ2) is 8.75. The van der Waals surface area contributed by atoms with Crippen LogP contribution in [0, 0.1) is 12.8 Å². The average molecular weight is 443 g/mol. The summed E-state index contributed by atoms with van der Waals surface area (Å²) in [6.07, 6.45) is 2.20. The largest absolute Gasteiger partial charge is 0.459 e. The van der Waals surface area contributed by atoms with Gasteiger partial charge in [-0.1, -0.05) is 25.4 Å². The van der Waals surface area contributed by atoms with Crippen LogP contribution in [0.5, 0.6) is 0 Å². The number of aliphatic imine (C=N–C) groups is 1. The molecule has 2 aliphatic heterocycles. The van der Waals surface area contributed by atoms with Gasteiger partial charge in [0.05, 0.1) is 12.0 Å². The van der Waals surface area contributed by atoms with Gasteiger partial charge in [-0.25, -0.2) is 9.89 Å². The number of benzene rings is 1. The van der Waals surface area contributed by atoms with Crippen molar-refractivity contribution < 1.29 is 14.0 Å². The Morgan fingerprint density at radius 3 is 2.58 bits per heavy atom. The van der Waals surface area contributed by atoms with Gasteiger partial charge in [-0.05, 0) is 55.2 Å². The lowest BCUT2D eigenvalue weighted by molar-refractivity contribution is -0.118. The van der Waals surface area contributed by atoms with Gasteiger partial charge in [-0.15, -0.1) is 0 Å². The second-order valence-corrected chi connectivity index (χ2v) is 8.87. The van der Waals surface area contributed by atoms with E-state index in [9.17, 15) is 9.59 Å². The molecule has 1 saturated heterocycles. The molecule has 2 amide bonds. The molecule has 4 rings (SSSR count). The molecule has 1 fully saturated rings. The summed E-state index contributed by atoms with van der Waals surface area (Å²) in [4.78, 5) is 36.3. The van der Waals surface area contributed by atoms with E-state index in [1.54, 1.807) is 28.0 Å². The maximum absolute atomic E-state index is 13.3. The molecule has 0 saturated carbocycles. The summed E-state index contributed by atoms with van der Waals surface area (Å²) in [5.41, 5.74) is 1.72. The number of carbonyl (C=O) groups excluding carboxylic acids is 2. The van der Waals surface area contributed by atoms with Crippen LogP contribution < -0.4 is 4.90 Å². The predicted molar refractivity (Wildman–Crippen MR) is 121 cm³/mol. The molecule has 1 aromatic heterocycles. The molecular formula is C23H27ClN4O3. The van der Waals surface area contributed by atoms with E-state index in [1.807, 2.05) is 19.1 Å². The third-order valence-corrected chi connectivity index (χ3v) is 5.89. The van der Waals surface area contributed by atoms with Gasteiger partial charge in [0.25, 0.3) is 11.8 Å². The smallest absolute Gasteiger partial charge is 0.289 e. The Morgan fingerprint density at radius 1 is 1.23 bits per heavy atom. The molecule has 2 aliphatic rings. The Bertz CT molecular complexity index is 994. The number of furan rings is 1. The van der Waals surface area contributed by atoms with Crippen molar-refractivity contribution in [3.8, 4) is 0 Å². The summed E-state index contributed by atoms with van der Waals surface area (Å²) in [5.74, 6) is 1.23. The number of aryl methyl sites for hydroxylation is 1. The van der Waals surface area contributed by atoms with Crippen molar-refractivity contribution >= 4 is 35.1 Å². The van der Waals surface area contributed by atoms with Crippen LogP contribution in [0.3, 0.4) is 0 Å². The predicted octanol–water partition coefficient (Wildman–Crippen LogP) is 3.82. The van der Waals surface area contributed by atoms with Gasteiger partial charge >= 0.3 is 0 Å². The van der Waals surface area contributed by atoms with E-state index in [1.165, 1.54) is 6.26 Å². The minimum absolute atomic E-state index is 0.0109. The van der Waals surface area contributed by atoms with Crippen molar-refractivity contribution in [1.82, 2.24) is 9.80 Å². The van der Waals surface area contributed by atoms with E-state index in [-0.39, 0.29) is 11.8 Å². The van der Waals surface area contributed by atoms with Gasteiger partial charge in [0, 0.05) is 31.2 Å². The zero-order valence-corrected chi connectivity index (χ0v) is 18.8. The molecule has 31 heavy (non-hydrogen) atoms. The number of hydrogen-bond acceptors (Lipinski definition) is 5. The molecule has 3 heterocycles. The monoisotopic (exact) mass is 442 g/mol. The number of hydrogen-bond donors (Lipinski definition) is 0. The zero-order valence-electron chi connectivity index (χ0n) is 18.0. The van der Waals surface area contributed by atoms with Crippen molar-refractivity contribution in [3.63, 3.8) is 0 Å². The van der Waals surface area contributed by atoms with Gasteiger partial charge < -0.3 is 14.2 Å². The van der Waals surface area contributed by atoms with Crippen molar-refractivity contribution in [3.05, 3.63) is 52.9 Å². The lowest BCUT2D eigenvalue weighted by atomic mass is 10.0. The second-order valence-electron chi connectivity index (χ2n) is 8.44. The average Bonchev–Trinajstić information content (AvgIpc) is 3.37. The Balaban J connectivity index is 1.56. The number of halogens is 1. The first-order chi connectivity index (χ1) is 14.8. The lowest BCUT2D eigenvalue weighted by Crippen LogP contribution is -2.54. The topological polar surface area (TPSA) is 69.4 Å². The molecule has 1 unspecified atom stereocenters. The van der Waals surface area contributed by atoms with E-state index in [0.29, 0.717) is 55.3 Å². The van der Waals surface area contributed by atoms with Crippen LogP contribution in [0.15, 0.2) is 46.0 Å². The Morgan fingerprint density at radius 2 is 1.97 bits per heavy atom. The number of amides is 2. The highest BCUT2D eigenvalue weighted by Crippen LogP contribution is 2.30. The van der Waals surface area contributed by atoms with Gasteiger partial charge in [0.2, 0.25) is 5.96 Å². The van der Waals surface area contributed by atoms with Crippen LogP contribution in [0.4, 0.5) is 5.69 Å². The molecule has 7 nitrogen and oxygen atoms in total. The summed E-state index contributed by atoms with van der Waals surface area (Å²) in [7, 11) is 0. The number of carbonyl (C=O) groups is 2. The molecule has 0 bridgehead atoms. The summed E-state index contributed by atoms with van der Waals surface area (Å²) >= 11 is 6.14. The van der Waals surface area contributed by atoms with E-state index >= 15 is 0 Å². The molecule has 164 valence electrons. The molecular weight excluding hydrogens is 416 g/mol. The Labute approximate surface area is 187 Å². The molecule has 0 spiro atoms. The fourth-order valence-corrected chi connectivity index (χ4v) is 4.31. The van der Waals surface area contributed by atoms with Crippen LogP contribution in [0.1, 0.15) is 36.4 Å². The van der Waals surface area contributed by atoms with Crippen LogP contribution in [0.2, 0.25) is 5.02 Å². The normalized spacial score (nSPS) is 19.4. The zero-order chi connectivity index (χ0) is 22.1. The van der Waals surface area contributed by atoms with Gasteiger partial charge in [-0.3, -0.25) is 9.59 Å². The first-order valence-electron chi connectivity index (χ1n) is 10.6. The van der Waals surface area contributed by atoms with Crippen molar-refractivity contribution in [2.45, 2.75) is 33.2 Å². The quantitative estimate of drug-likeness (QED) is 0.721. The molecule has 1 aromatic carbocycles. The van der Waals surface area contributed by atoms with E-state index in [2.05, 4.69) is 18.7 Å². The fraction of sp³-hybridized carbons (Fsp3) is 0.435. The van der Waals surface area contributed by atoms with Gasteiger partial charge in [-0.2, -0.15) is 0 Å². The number of guanidine groups is 1. The van der Waals surface area contributed by atoms with Gasteiger partial charge in [0.15, 0.2) is 5.76 Å². The maximum Gasteiger partial charge on any atom is 0.289 e. The third-order valence-electron chi connectivity index (χ3n) is 5.65. The number of rotatable bonds is 4. The maximum atomic E-state index is 13.3. The number of anilines is 1. The van der Waals surface area contributed by atoms with E-state index < -0.39 is 6.04 Å². The summed E-state index contributed by atoms with van der Waals surface area (Å²) in [6, 6.07) is 8.52. The van der Waals surface area contributed by atoms with Crippen LogP contribution in [0.25, 0.3) is 0 Å². The van der Waals surface area contributed by atoms with Crippen molar-refractivity contribution in [1.29, 1.82) is 0 Å². The molecule has 1 atom stereocenters. The minimum Gasteiger partial charge on any atom is -0.459 e. The Kier molecular flexibility index (Phi) is 6.05. The van der Waals surface area contributed by atoms with Crippen LogP contribution in [-0.2, 0) is 4.79 Å². The van der Waals surface area contributed by atoms with E-state index in [0.717, 1.165) is 11.3 Å². The van der Waals surface area contributed by atoms with Crippen molar-refractivity contribution in [2.75, 3.05) is 31.1 Å². The molecule has 2 aromatic rings. The lowest BCUT2D eigenvalue weighted by Gasteiger charge is -2.37. The standard InChI is InChI=1S/C23H27ClN4O3/c1-15(2)13-18-21(29)28(19-7-6-17(24)14-16(19)3)23(25-18)27-10-8-26(9-11-27)22(30)20-5-4-12-31-20/h4-7,12,14-15,18H,8-11,13H2,1-3H3. The summed E-state index contributed by atoms with van der Waals surface area (Å²) < 4.78 is 5.25. The fourth-order valence-electron chi connectivity index (χ4n) is 4.08. The number of piperazine rings is 1. The summed E-state index contributed by atoms with van der Waals surface area (Å²) in [5, 5.41) is 0.634. The number of nitrogens with zero attached hydrogens (tertiary/aromatic N) is 4. The molecule has 8 heteroatoms. The van der Waals surface area contributed by atoms with Crippen LogP contribution >= 0.6 is 11.6 Å².